The summed E-state index contributed by atoms with van der Waals surface area (Å²) in [5, 5.41) is 0. The van der Waals surface area contributed by atoms with Crippen molar-refractivity contribution in [2.75, 3.05) is 6.61 Å². The third-order valence-electron chi connectivity index (χ3n) is 7.47. The second-order valence-electron chi connectivity index (χ2n) is 11.8. The van der Waals surface area contributed by atoms with Crippen LogP contribution in [0, 0.1) is 23.7 Å². The van der Waals surface area contributed by atoms with Crippen molar-refractivity contribution in [3.63, 3.8) is 0 Å². The Kier molecular flexibility index (Phi) is 24.3. The molecule has 0 amide bonds. The number of hydrogen-bond donors (Lipinski definition) is 0. The minimum atomic E-state index is 0.00300. The summed E-state index contributed by atoms with van der Waals surface area (Å²) in [7, 11) is 0. The molecule has 0 fully saturated rings. The van der Waals surface area contributed by atoms with Crippen molar-refractivity contribution in [1.82, 2.24) is 0 Å². The molecule has 0 aliphatic rings. The molecule has 2 nitrogen and oxygen atoms in total. The van der Waals surface area contributed by atoms with Crippen LogP contribution >= 0.6 is 0 Å². The molecule has 0 N–H and O–H groups in total. The molecule has 0 bridgehead atoms. The number of carbonyl (C=O) groups is 1. The molecule has 208 valence electrons. The largest absolute Gasteiger partial charge is 0.465 e. The fraction of sp³-hybridized carbons (Fsp3) is 0.909. The summed E-state index contributed by atoms with van der Waals surface area (Å²) in [5.74, 6) is 2.19. The summed E-state index contributed by atoms with van der Waals surface area (Å²) in [5.41, 5.74) is 0. The molecule has 0 spiro atoms. The van der Waals surface area contributed by atoms with Crippen molar-refractivity contribution < 1.29 is 9.53 Å². The maximum Gasteiger partial charge on any atom is 0.308 e. The van der Waals surface area contributed by atoms with Gasteiger partial charge in [0.2, 0.25) is 0 Å². The van der Waals surface area contributed by atoms with E-state index in [-0.39, 0.29) is 11.9 Å². The zero-order chi connectivity index (χ0) is 26.2. The Morgan fingerprint density at radius 3 is 1.71 bits per heavy atom. The van der Waals surface area contributed by atoms with Crippen molar-refractivity contribution >= 4 is 5.97 Å². The van der Waals surface area contributed by atoms with Gasteiger partial charge in [-0.05, 0) is 69.1 Å². The quantitative estimate of drug-likeness (QED) is 0.0719. The predicted octanol–water partition coefficient (Wildman–Crippen LogP) is 11.1. The van der Waals surface area contributed by atoms with E-state index in [1.165, 1.54) is 96.3 Å². The molecule has 0 saturated carbocycles. The van der Waals surface area contributed by atoms with Crippen LogP contribution < -0.4 is 0 Å². The van der Waals surface area contributed by atoms with E-state index < -0.39 is 0 Å². The number of allylic oxidation sites excluding steroid dienone is 2. The third-order valence-corrected chi connectivity index (χ3v) is 7.47. The van der Waals surface area contributed by atoms with E-state index in [2.05, 4.69) is 46.8 Å². The monoisotopic (exact) mass is 492 g/mol. The lowest BCUT2D eigenvalue weighted by Crippen LogP contribution is -2.19. The van der Waals surface area contributed by atoms with Crippen molar-refractivity contribution in [3.05, 3.63) is 12.2 Å². The fourth-order valence-electron chi connectivity index (χ4n) is 5.44. The molecular formula is C33H64O2. The Balaban J connectivity index is 3.68. The van der Waals surface area contributed by atoms with Crippen LogP contribution in [0.5, 0.6) is 0 Å². The number of esters is 1. The number of rotatable bonds is 25. The molecule has 0 radical (unpaired) electrons. The molecule has 0 aromatic rings. The maximum atomic E-state index is 12.2. The number of unbranched alkanes of at least 4 members (excludes halogenated alkanes) is 12. The summed E-state index contributed by atoms with van der Waals surface area (Å²) >= 11 is 0. The highest BCUT2D eigenvalue weighted by atomic mass is 16.5. The SMILES string of the molecule is CCCCCC/C=C/CCCCCCCCC(C)CC(C)CC(C)CC(C)C(=O)OCCCCC. The second kappa shape index (κ2) is 24.9. The van der Waals surface area contributed by atoms with Crippen molar-refractivity contribution in [2.24, 2.45) is 23.7 Å². The van der Waals surface area contributed by atoms with Gasteiger partial charge in [-0.2, -0.15) is 0 Å². The van der Waals surface area contributed by atoms with Crippen molar-refractivity contribution in [2.45, 2.75) is 164 Å². The summed E-state index contributed by atoms with van der Waals surface area (Å²) < 4.78 is 5.45. The first kappa shape index (κ1) is 34.2. The van der Waals surface area contributed by atoms with Crippen LogP contribution in [0.15, 0.2) is 12.2 Å². The second-order valence-corrected chi connectivity index (χ2v) is 11.8. The zero-order valence-corrected chi connectivity index (χ0v) is 24.9. The molecule has 0 heterocycles. The summed E-state index contributed by atoms with van der Waals surface area (Å²) in [4.78, 5) is 12.2. The van der Waals surface area contributed by atoms with Crippen molar-refractivity contribution in [1.29, 1.82) is 0 Å². The Labute approximate surface area is 221 Å². The van der Waals surface area contributed by atoms with Gasteiger partial charge < -0.3 is 4.74 Å². The van der Waals surface area contributed by atoms with Gasteiger partial charge in [0.1, 0.15) is 0 Å². The minimum Gasteiger partial charge on any atom is -0.465 e. The Bertz CT molecular complexity index is 483. The highest BCUT2D eigenvalue weighted by Gasteiger charge is 2.20. The zero-order valence-electron chi connectivity index (χ0n) is 24.9. The molecule has 0 aromatic carbocycles. The van der Waals surface area contributed by atoms with Crippen LogP contribution in [0.4, 0.5) is 0 Å². The lowest BCUT2D eigenvalue weighted by molar-refractivity contribution is -0.148. The van der Waals surface area contributed by atoms with E-state index in [1.807, 2.05) is 6.92 Å². The Morgan fingerprint density at radius 2 is 1.09 bits per heavy atom. The smallest absolute Gasteiger partial charge is 0.308 e. The number of hydrogen-bond acceptors (Lipinski definition) is 2. The van der Waals surface area contributed by atoms with Gasteiger partial charge in [0.25, 0.3) is 0 Å². The summed E-state index contributed by atoms with van der Waals surface area (Å²) in [6.07, 6.45) is 29.4. The first-order valence-electron chi connectivity index (χ1n) is 15.7. The fourth-order valence-corrected chi connectivity index (χ4v) is 5.44. The van der Waals surface area contributed by atoms with Gasteiger partial charge in [0, 0.05) is 0 Å². The van der Waals surface area contributed by atoms with Crippen LogP contribution in [0.1, 0.15) is 164 Å². The van der Waals surface area contributed by atoms with Gasteiger partial charge in [0.15, 0.2) is 0 Å². The average molecular weight is 493 g/mol. The molecule has 0 rings (SSSR count). The molecule has 0 saturated heterocycles. The van der Waals surface area contributed by atoms with Gasteiger partial charge in [0.05, 0.1) is 12.5 Å². The van der Waals surface area contributed by atoms with Crippen LogP contribution in [0.25, 0.3) is 0 Å². The van der Waals surface area contributed by atoms with E-state index in [9.17, 15) is 4.79 Å². The van der Waals surface area contributed by atoms with Crippen LogP contribution in [0.3, 0.4) is 0 Å². The standard InChI is InChI=1S/C33H64O2/c1-7-9-11-12-13-14-15-16-17-18-19-20-21-22-24-29(3)26-30(4)27-31(5)28-32(6)33(34)35-25-23-10-8-2/h14-15,29-32H,7-13,16-28H2,1-6H3/b15-14+. The van der Waals surface area contributed by atoms with Gasteiger partial charge in [-0.3, -0.25) is 4.79 Å². The van der Waals surface area contributed by atoms with Gasteiger partial charge in [-0.25, -0.2) is 0 Å². The molecule has 2 heteroatoms. The van der Waals surface area contributed by atoms with E-state index in [0.717, 1.165) is 37.5 Å². The molecule has 0 aliphatic carbocycles. The highest BCUT2D eigenvalue weighted by Crippen LogP contribution is 2.26. The molecular weight excluding hydrogens is 428 g/mol. The lowest BCUT2D eigenvalue weighted by atomic mass is 9.84. The summed E-state index contributed by atoms with van der Waals surface area (Å²) in [6.45, 7) is 14.2. The van der Waals surface area contributed by atoms with E-state index in [1.54, 1.807) is 0 Å². The molecule has 4 unspecified atom stereocenters. The van der Waals surface area contributed by atoms with E-state index in [0.29, 0.717) is 12.5 Å². The third kappa shape index (κ3) is 23.4. The predicted molar refractivity (Wildman–Crippen MR) is 156 cm³/mol. The normalized spacial score (nSPS) is 15.3. The van der Waals surface area contributed by atoms with Crippen LogP contribution in [0.2, 0.25) is 0 Å². The van der Waals surface area contributed by atoms with Gasteiger partial charge in [-0.1, -0.05) is 124 Å². The van der Waals surface area contributed by atoms with Crippen molar-refractivity contribution in [3.8, 4) is 0 Å². The summed E-state index contributed by atoms with van der Waals surface area (Å²) in [6, 6.07) is 0. The van der Waals surface area contributed by atoms with Crippen LogP contribution in [-0.2, 0) is 9.53 Å². The first-order valence-corrected chi connectivity index (χ1v) is 15.7. The molecule has 4 atom stereocenters. The molecule has 0 aromatic heterocycles. The Hall–Kier alpha value is -0.790. The van der Waals surface area contributed by atoms with Gasteiger partial charge in [-0.15, -0.1) is 0 Å². The average Bonchev–Trinajstić information content (AvgIpc) is 2.81. The first-order chi connectivity index (χ1) is 16.9. The molecule has 35 heavy (non-hydrogen) atoms. The number of carbonyl (C=O) groups excluding carboxylic acids is 1. The Morgan fingerprint density at radius 1 is 0.600 bits per heavy atom. The van der Waals surface area contributed by atoms with E-state index in [4.69, 9.17) is 4.74 Å². The van der Waals surface area contributed by atoms with E-state index >= 15 is 0 Å². The van der Waals surface area contributed by atoms with Crippen LogP contribution in [-0.4, -0.2) is 12.6 Å². The van der Waals surface area contributed by atoms with Gasteiger partial charge >= 0.3 is 5.97 Å². The minimum absolute atomic E-state index is 0.00300. The highest BCUT2D eigenvalue weighted by molar-refractivity contribution is 5.71. The lowest BCUT2D eigenvalue weighted by Gasteiger charge is -2.22. The number of ether oxygens (including phenoxy) is 1. The molecule has 0 aliphatic heterocycles. The maximum absolute atomic E-state index is 12.2. The topological polar surface area (TPSA) is 26.3 Å².